The molecular formula is C15H22N4. The van der Waals surface area contributed by atoms with Crippen LogP contribution in [0.3, 0.4) is 0 Å². The second-order valence-electron chi connectivity index (χ2n) is 6.17. The van der Waals surface area contributed by atoms with Gasteiger partial charge in [-0.25, -0.2) is 4.98 Å². The van der Waals surface area contributed by atoms with E-state index in [4.69, 9.17) is 0 Å². The van der Waals surface area contributed by atoms with Gasteiger partial charge in [0.2, 0.25) is 0 Å². The van der Waals surface area contributed by atoms with Crippen LogP contribution in [0.5, 0.6) is 0 Å². The van der Waals surface area contributed by atoms with Gasteiger partial charge in [0.1, 0.15) is 5.82 Å². The van der Waals surface area contributed by atoms with Gasteiger partial charge in [0.05, 0.1) is 0 Å². The largest absolute Gasteiger partial charge is 0.323 e. The number of nitrogens with zero attached hydrogens (tertiary/aromatic N) is 2. The first-order valence-corrected chi connectivity index (χ1v) is 6.65. The van der Waals surface area contributed by atoms with Gasteiger partial charge in [-0.15, -0.1) is 0 Å². The van der Waals surface area contributed by atoms with Crippen LogP contribution >= 0.6 is 0 Å². The van der Waals surface area contributed by atoms with Gasteiger partial charge in [-0.1, -0.05) is 34.6 Å². The van der Waals surface area contributed by atoms with E-state index in [1.54, 1.807) is 0 Å². The highest BCUT2D eigenvalue weighted by atomic mass is 15.2. The van der Waals surface area contributed by atoms with E-state index in [0.29, 0.717) is 5.92 Å². The van der Waals surface area contributed by atoms with Crippen molar-refractivity contribution in [2.75, 3.05) is 5.32 Å². The van der Waals surface area contributed by atoms with E-state index >= 15 is 0 Å². The number of hydrogen-bond acceptors (Lipinski definition) is 3. The van der Waals surface area contributed by atoms with E-state index in [-0.39, 0.29) is 5.41 Å². The van der Waals surface area contributed by atoms with Gasteiger partial charge in [0.25, 0.3) is 0 Å². The van der Waals surface area contributed by atoms with E-state index in [1.165, 1.54) is 5.56 Å². The highest BCUT2D eigenvalue weighted by Crippen LogP contribution is 2.24. The van der Waals surface area contributed by atoms with Crippen molar-refractivity contribution >= 4 is 11.6 Å². The molecule has 2 rings (SSSR count). The quantitative estimate of drug-likeness (QED) is 0.875. The molecule has 0 aliphatic carbocycles. The first kappa shape index (κ1) is 13.6. The smallest absolute Gasteiger partial charge is 0.153 e. The van der Waals surface area contributed by atoms with Crippen LogP contribution in [0.15, 0.2) is 24.4 Å². The third-order valence-corrected chi connectivity index (χ3v) is 3.09. The molecule has 2 aromatic heterocycles. The third kappa shape index (κ3) is 3.34. The molecule has 0 aromatic carbocycles. The average Bonchev–Trinajstić information content (AvgIpc) is 2.77. The van der Waals surface area contributed by atoms with Gasteiger partial charge in [-0.3, -0.25) is 5.10 Å². The minimum absolute atomic E-state index is 0.0696. The van der Waals surface area contributed by atoms with Crippen LogP contribution in [0.1, 0.15) is 51.8 Å². The van der Waals surface area contributed by atoms with Gasteiger partial charge in [0, 0.05) is 23.4 Å². The Bertz CT molecular complexity index is 549. The van der Waals surface area contributed by atoms with Crippen molar-refractivity contribution in [2.24, 2.45) is 0 Å². The Balaban J connectivity index is 2.17. The van der Waals surface area contributed by atoms with Gasteiger partial charge < -0.3 is 5.32 Å². The molecule has 0 aliphatic rings. The minimum atomic E-state index is 0.0696. The topological polar surface area (TPSA) is 53.6 Å². The average molecular weight is 258 g/mol. The van der Waals surface area contributed by atoms with Crippen molar-refractivity contribution in [3.8, 4) is 0 Å². The lowest BCUT2D eigenvalue weighted by Crippen LogP contribution is -2.11. The fraction of sp³-hybridized carbons (Fsp3) is 0.467. The summed E-state index contributed by atoms with van der Waals surface area (Å²) in [5.41, 5.74) is 2.44. The number of H-pyrrole nitrogens is 1. The lowest BCUT2D eigenvalue weighted by Gasteiger charge is -2.14. The van der Waals surface area contributed by atoms with Crippen molar-refractivity contribution in [3.05, 3.63) is 35.7 Å². The molecule has 0 fully saturated rings. The lowest BCUT2D eigenvalue weighted by molar-refractivity contribution is 0.567. The fourth-order valence-corrected chi connectivity index (χ4v) is 1.78. The summed E-state index contributed by atoms with van der Waals surface area (Å²) < 4.78 is 0. The third-order valence-electron chi connectivity index (χ3n) is 3.09. The molecule has 0 amide bonds. The molecule has 0 atom stereocenters. The van der Waals surface area contributed by atoms with E-state index in [2.05, 4.69) is 61.2 Å². The Hall–Kier alpha value is -1.84. The first-order valence-electron chi connectivity index (χ1n) is 6.65. The Labute approximate surface area is 114 Å². The zero-order valence-corrected chi connectivity index (χ0v) is 12.3. The molecule has 4 nitrogen and oxygen atoms in total. The number of aromatic amines is 1. The van der Waals surface area contributed by atoms with Crippen molar-refractivity contribution < 1.29 is 0 Å². The van der Waals surface area contributed by atoms with Crippen molar-refractivity contribution in [3.63, 3.8) is 0 Å². The van der Waals surface area contributed by atoms with Crippen LogP contribution in [0.25, 0.3) is 0 Å². The molecule has 0 unspecified atom stereocenters. The van der Waals surface area contributed by atoms with E-state index in [0.717, 1.165) is 17.3 Å². The number of nitrogens with one attached hydrogen (secondary N) is 2. The Kier molecular flexibility index (Phi) is 3.60. The zero-order valence-electron chi connectivity index (χ0n) is 12.3. The molecule has 19 heavy (non-hydrogen) atoms. The van der Waals surface area contributed by atoms with Gasteiger partial charge in [0.15, 0.2) is 5.82 Å². The molecule has 0 saturated heterocycles. The monoisotopic (exact) mass is 258 g/mol. The second kappa shape index (κ2) is 5.03. The van der Waals surface area contributed by atoms with Gasteiger partial charge in [-0.2, -0.15) is 5.10 Å². The standard InChI is InChI=1S/C15H22N4/c1-10(2)11-6-7-16-13(8-11)17-14-9-12(18-19-14)15(3,4)5/h6-10H,1-5H3,(H2,16,17,18,19). The Morgan fingerprint density at radius 1 is 1.16 bits per heavy atom. The maximum atomic E-state index is 4.32. The molecular weight excluding hydrogens is 236 g/mol. The summed E-state index contributed by atoms with van der Waals surface area (Å²) in [6.45, 7) is 10.8. The van der Waals surface area contributed by atoms with E-state index in [1.807, 2.05) is 18.3 Å². The first-order chi connectivity index (χ1) is 8.86. The van der Waals surface area contributed by atoms with Crippen LogP contribution in [-0.4, -0.2) is 15.2 Å². The van der Waals surface area contributed by atoms with Crippen molar-refractivity contribution in [2.45, 2.75) is 46.0 Å². The maximum absolute atomic E-state index is 4.32. The molecule has 0 aliphatic heterocycles. The molecule has 4 heteroatoms. The fourth-order valence-electron chi connectivity index (χ4n) is 1.78. The zero-order chi connectivity index (χ0) is 14.0. The van der Waals surface area contributed by atoms with Crippen LogP contribution in [0, 0.1) is 0 Å². The highest BCUT2D eigenvalue weighted by Gasteiger charge is 2.16. The number of pyridine rings is 1. The summed E-state index contributed by atoms with van der Waals surface area (Å²) in [4.78, 5) is 4.32. The second-order valence-corrected chi connectivity index (χ2v) is 6.17. The molecule has 0 spiro atoms. The maximum Gasteiger partial charge on any atom is 0.153 e. The Morgan fingerprint density at radius 3 is 2.47 bits per heavy atom. The predicted octanol–water partition coefficient (Wildman–Crippen LogP) is 3.97. The number of hydrogen-bond donors (Lipinski definition) is 2. The summed E-state index contributed by atoms with van der Waals surface area (Å²) >= 11 is 0. The van der Waals surface area contributed by atoms with Crippen molar-refractivity contribution in [1.82, 2.24) is 15.2 Å². The molecule has 2 aromatic rings. The van der Waals surface area contributed by atoms with Crippen LogP contribution in [-0.2, 0) is 5.41 Å². The lowest BCUT2D eigenvalue weighted by atomic mass is 9.92. The predicted molar refractivity (Wildman–Crippen MR) is 78.9 cm³/mol. The molecule has 2 N–H and O–H groups in total. The van der Waals surface area contributed by atoms with E-state index in [9.17, 15) is 0 Å². The summed E-state index contributed by atoms with van der Waals surface area (Å²) in [7, 11) is 0. The van der Waals surface area contributed by atoms with Gasteiger partial charge >= 0.3 is 0 Å². The normalized spacial score (nSPS) is 11.9. The number of aromatic nitrogens is 3. The van der Waals surface area contributed by atoms with Gasteiger partial charge in [-0.05, 0) is 23.6 Å². The molecule has 102 valence electrons. The molecule has 2 heterocycles. The number of anilines is 2. The summed E-state index contributed by atoms with van der Waals surface area (Å²) in [5.74, 6) is 2.13. The van der Waals surface area contributed by atoms with Crippen LogP contribution in [0.2, 0.25) is 0 Å². The number of rotatable bonds is 3. The van der Waals surface area contributed by atoms with E-state index < -0.39 is 0 Å². The van der Waals surface area contributed by atoms with Crippen molar-refractivity contribution in [1.29, 1.82) is 0 Å². The minimum Gasteiger partial charge on any atom is -0.323 e. The molecule has 0 bridgehead atoms. The van der Waals surface area contributed by atoms with Crippen LogP contribution < -0.4 is 5.32 Å². The SMILES string of the molecule is CC(C)c1ccnc(Nc2cc(C(C)(C)C)[nH]n2)c1. The molecule has 0 radical (unpaired) electrons. The summed E-state index contributed by atoms with van der Waals surface area (Å²) in [5, 5.41) is 10.6. The molecule has 0 saturated carbocycles. The van der Waals surface area contributed by atoms with Crippen LogP contribution in [0.4, 0.5) is 11.6 Å². The highest BCUT2D eigenvalue weighted by molar-refractivity contribution is 5.53. The summed E-state index contributed by atoms with van der Waals surface area (Å²) in [6.07, 6.45) is 1.83. The Morgan fingerprint density at radius 2 is 1.89 bits per heavy atom. The summed E-state index contributed by atoms with van der Waals surface area (Å²) in [6, 6.07) is 6.14.